The third-order valence-electron chi connectivity index (χ3n) is 4.66. The SMILES string of the molecule is COC(=O)[C@H](CC(C)C)NC(=O)[C@H]1Cc2c([nH]c3ccccc23)CN1. The van der Waals surface area contributed by atoms with Crippen molar-refractivity contribution < 1.29 is 14.3 Å². The third kappa shape index (κ3) is 3.69. The number of fused-ring (bicyclic) bond motifs is 3. The molecule has 0 spiro atoms. The average molecular weight is 343 g/mol. The zero-order chi connectivity index (χ0) is 18.0. The standard InChI is InChI=1S/C19H25N3O3/c1-11(2)8-16(19(24)25-3)22-18(23)15-9-13-12-6-4-5-7-14(12)21-17(13)10-20-15/h4-7,11,15-16,20-21H,8-10H2,1-3H3,(H,22,23)/t15-,16+/m1/s1. The summed E-state index contributed by atoms with van der Waals surface area (Å²) in [7, 11) is 1.35. The molecule has 6 heteroatoms. The van der Waals surface area contributed by atoms with Crippen LogP contribution >= 0.6 is 0 Å². The van der Waals surface area contributed by atoms with Gasteiger partial charge in [0.25, 0.3) is 0 Å². The lowest BCUT2D eigenvalue weighted by Gasteiger charge is -2.26. The van der Waals surface area contributed by atoms with Gasteiger partial charge in [0.15, 0.2) is 0 Å². The quantitative estimate of drug-likeness (QED) is 0.724. The van der Waals surface area contributed by atoms with E-state index in [9.17, 15) is 9.59 Å². The number of hydrogen-bond acceptors (Lipinski definition) is 4. The monoisotopic (exact) mass is 343 g/mol. The predicted octanol–water partition coefficient (Wildman–Crippen LogP) is 1.89. The van der Waals surface area contributed by atoms with Crippen molar-refractivity contribution in [1.82, 2.24) is 15.6 Å². The molecule has 2 atom stereocenters. The molecule has 2 heterocycles. The number of para-hydroxylation sites is 1. The van der Waals surface area contributed by atoms with Crippen LogP contribution in [0, 0.1) is 5.92 Å². The highest BCUT2D eigenvalue weighted by Gasteiger charge is 2.30. The Kier molecular flexibility index (Phi) is 5.08. The number of benzene rings is 1. The van der Waals surface area contributed by atoms with Crippen LogP contribution in [0.25, 0.3) is 10.9 Å². The smallest absolute Gasteiger partial charge is 0.328 e. The van der Waals surface area contributed by atoms with Gasteiger partial charge < -0.3 is 15.0 Å². The maximum atomic E-state index is 12.7. The summed E-state index contributed by atoms with van der Waals surface area (Å²) in [5, 5.41) is 7.27. The lowest BCUT2D eigenvalue weighted by molar-refractivity contribution is -0.145. The summed E-state index contributed by atoms with van der Waals surface area (Å²) in [6, 6.07) is 7.15. The minimum atomic E-state index is -0.608. The first kappa shape index (κ1) is 17.5. The minimum absolute atomic E-state index is 0.160. The number of esters is 1. The van der Waals surface area contributed by atoms with Gasteiger partial charge in [-0.15, -0.1) is 0 Å². The third-order valence-corrected chi connectivity index (χ3v) is 4.66. The van der Waals surface area contributed by atoms with Crippen molar-refractivity contribution >= 4 is 22.8 Å². The summed E-state index contributed by atoms with van der Waals surface area (Å²) in [5.74, 6) is -0.276. The van der Waals surface area contributed by atoms with E-state index < -0.39 is 12.0 Å². The molecule has 3 rings (SSSR count). The van der Waals surface area contributed by atoms with E-state index in [0.717, 1.165) is 16.6 Å². The zero-order valence-electron chi connectivity index (χ0n) is 14.9. The summed E-state index contributed by atoms with van der Waals surface area (Å²) >= 11 is 0. The van der Waals surface area contributed by atoms with E-state index in [1.54, 1.807) is 0 Å². The van der Waals surface area contributed by atoms with Crippen molar-refractivity contribution in [3.8, 4) is 0 Å². The van der Waals surface area contributed by atoms with Gasteiger partial charge in [-0.2, -0.15) is 0 Å². The van der Waals surface area contributed by atoms with Crippen LogP contribution in [-0.4, -0.2) is 36.1 Å². The molecule has 0 saturated heterocycles. The van der Waals surface area contributed by atoms with Gasteiger partial charge in [-0.25, -0.2) is 4.79 Å². The van der Waals surface area contributed by atoms with Gasteiger partial charge >= 0.3 is 5.97 Å². The van der Waals surface area contributed by atoms with Crippen molar-refractivity contribution in [2.75, 3.05) is 7.11 Å². The van der Waals surface area contributed by atoms with Gasteiger partial charge in [-0.05, 0) is 30.4 Å². The summed E-state index contributed by atoms with van der Waals surface area (Å²) in [6.45, 7) is 4.63. The van der Waals surface area contributed by atoms with Crippen molar-refractivity contribution in [1.29, 1.82) is 0 Å². The van der Waals surface area contributed by atoms with E-state index in [-0.39, 0.29) is 17.9 Å². The van der Waals surface area contributed by atoms with E-state index in [2.05, 4.69) is 21.7 Å². The second-order valence-electron chi connectivity index (χ2n) is 6.98. The number of nitrogens with one attached hydrogen (secondary N) is 3. The first-order valence-corrected chi connectivity index (χ1v) is 8.69. The summed E-state index contributed by atoms with van der Waals surface area (Å²) in [4.78, 5) is 28.0. The Balaban J connectivity index is 1.74. The molecule has 0 fully saturated rings. The van der Waals surface area contributed by atoms with E-state index in [4.69, 9.17) is 4.74 Å². The molecule has 134 valence electrons. The molecule has 3 N–H and O–H groups in total. The number of hydrogen-bond donors (Lipinski definition) is 3. The van der Waals surface area contributed by atoms with Crippen molar-refractivity contribution in [2.45, 2.75) is 45.3 Å². The number of aromatic amines is 1. The number of carbonyl (C=O) groups is 2. The highest BCUT2D eigenvalue weighted by Crippen LogP contribution is 2.26. The summed E-state index contributed by atoms with van der Waals surface area (Å²) < 4.78 is 4.82. The molecule has 1 aliphatic heterocycles. The first-order chi connectivity index (χ1) is 12.0. The van der Waals surface area contributed by atoms with Crippen LogP contribution in [0.5, 0.6) is 0 Å². The van der Waals surface area contributed by atoms with E-state index in [1.807, 2.05) is 32.0 Å². The van der Waals surface area contributed by atoms with E-state index in [1.165, 1.54) is 12.7 Å². The van der Waals surface area contributed by atoms with E-state index in [0.29, 0.717) is 19.4 Å². The van der Waals surface area contributed by atoms with Crippen LogP contribution in [0.4, 0.5) is 0 Å². The molecule has 0 unspecified atom stereocenters. The molecule has 0 bridgehead atoms. The van der Waals surface area contributed by atoms with E-state index >= 15 is 0 Å². The largest absolute Gasteiger partial charge is 0.467 e. The Morgan fingerprint density at radius 2 is 2.08 bits per heavy atom. The Morgan fingerprint density at radius 1 is 1.32 bits per heavy atom. The summed E-state index contributed by atoms with van der Waals surface area (Å²) in [6.07, 6.45) is 1.16. The van der Waals surface area contributed by atoms with Crippen LogP contribution < -0.4 is 10.6 Å². The highest BCUT2D eigenvalue weighted by atomic mass is 16.5. The van der Waals surface area contributed by atoms with Gasteiger partial charge in [0.05, 0.1) is 13.2 Å². The van der Waals surface area contributed by atoms with Crippen LogP contribution in [-0.2, 0) is 27.3 Å². The second kappa shape index (κ2) is 7.27. The number of methoxy groups -OCH3 is 1. The molecule has 6 nitrogen and oxygen atoms in total. The molecule has 1 amide bonds. The molecule has 0 radical (unpaired) electrons. The van der Waals surface area contributed by atoms with Crippen molar-refractivity contribution in [3.63, 3.8) is 0 Å². The fourth-order valence-electron chi connectivity index (χ4n) is 3.43. The predicted molar refractivity (Wildman–Crippen MR) is 96.0 cm³/mol. The average Bonchev–Trinajstić information content (AvgIpc) is 2.97. The molecule has 1 aliphatic rings. The van der Waals surface area contributed by atoms with Gasteiger partial charge in [-0.3, -0.25) is 10.1 Å². The Hall–Kier alpha value is -2.34. The molecular formula is C19H25N3O3. The molecule has 25 heavy (non-hydrogen) atoms. The molecule has 1 aromatic carbocycles. The van der Waals surface area contributed by atoms with Crippen LogP contribution in [0.15, 0.2) is 24.3 Å². The van der Waals surface area contributed by atoms with Gasteiger partial charge in [0, 0.05) is 23.1 Å². The normalized spacial score (nSPS) is 18.0. The highest BCUT2D eigenvalue weighted by molar-refractivity contribution is 5.90. The Morgan fingerprint density at radius 3 is 2.80 bits per heavy atom. The van der Waals surface area contributed by atoms with Gasteiger partial charge in [0.1, 0.15) is 6.04 Å². The van der Waals surface area contributed by atoms with Crippen LogP contribution in [0.1, 0.15) is 31.5 Å². The number of aromatic nitrogens is 1. The molecular weight excluding hydrogens is 318 g/mol. The van der Waals surface area contributed by atoms with Crippen LogP contribution in [0.3, 0.4) is 0 Å². The minimum Gasteiger partial charge on any atom is -0.467 e. The molecule has 0 saturated carbocycles. The lowest BCUT2D eigenvalue weighted by atomic mass is 9.97. The van der Waals surface area contributed by atoms with Crippen molar-refractivity contribution in [2.24, 2.45) is 5.92 Å². The number of ether oxygens (including phenoxy) is 1. The maximum Gasteiger partial charge on any atom is 0.328 e. The molecule has 0 aliphatic carbocycles. The van der Waals surface area contributed by atoms with Gasteiger partial charge in [-0.1, -0.05) is 32.0 Å². The van der Waals surface area contributed by atoms with Crippen molar-refractivity contribution in [3.05, 3.63) is 35.5 Å². The van der Waals surface area contributed by atoms with Crippen LogP contribution in [0.2, 0.25) is 0 Å². The second-order valence-corrected chi connectivity index (χ2v) is 6.98. The zero-order valence-corrected chi connectivity index (χ0v) is 14.9. The fraction of sp³-hybridized carbons (Fsp3) is 0.474. The molecule has 2 aromatic rings. The Bertz CT molecular complexity index is 781. The maximum absolute atomic E-state index is 12.7. The number of carbonyl (C=O) groups excluding carboxylic acids is 2. The lowest BCUT2D eigenvalue weighted by Crippen LogP contribution is -2.52. The number of H-pyrrole nitrogens is 1. The first-order valence-electron chi connectivity index (χ1n) is 8.69. The number of amides is 1. The number of rotatable bonds is 5. The Labute approximate surface area is 147 Å². The molecule has 1 aromatic heterocycles. The summed E-state index contributed by atoms with van der Waals surface area (Å²) in [5.41, 5.74) is 3.38. The topological polar surface area (TPSA) is 83.2 Å². The fourth-order valence-corrected chi connectivity index (χ4v) is 3.43. The van der Waals surface area contributed by atoms with Gasteiger partial charge in [0.2, 0.25) is 5.91 Å².